The average molecular weight is 402 g/mol. The van der Waals surface area contributed by atoms with Crippen molar-refractivity contribution in [3.8, 4) is 0 Å². The summed E-state index contributed by atoms with van der Waals surface area (Å²) in [7, 11) is 0. The van der Waals surface area contributed by atoms with Gasteiger partial charge >= 0.3 is 12.1 Å². The highest BCUT2D eigenvalue weighted by Gasteiger charge is 2.29. The highest BCUT2D eigenvalue weighted by atomic mass is 16.6. The summed E-state index contributed by atoms with van der Waals surface area (Å²) in [6.45, 7) is 5.13. The molecule has 0 spiro atoms. The second-order valence-corrected chi connectivity index (χ2v) is 7.55. The number of alkyl carbamates (subject to hydrolysis) is 1. The van der Waals surface area contributed by atoms with Crippen molar-refractivity contribution in [2.24, 2.45) is 0 Å². The molecule has 0 saturated carbocycles. The van der Waals surface area contributed by atoms with Gasteiger partial charge in [-0.05, 0) is 26.3 Å². The van der Waals surface area contributed by atoms with Gasteiger partial charge in [0.05, 0.1) is 12.0 Å². The number of hydrogen-bond donors (Lipinski definition) is 4. The van der Waals surface area contributed by atoms with Gasteiger partial charge in [-0.1, -0.05) is 30.3 Å². The van der Waals surface area contributed by atoms with E-state index in [2.05, 4.69) is 20.6 Å². The summed E-state index contributed by atoms with van der Waals surface area (Å²) >= 11 is 0. The predicted octanol–water partition coefficient (Wildman–Crippen LogP) is 1.66. The summed E-state index contributed by atoms with van der Waals surface area (Å²) in [6.07, 6.45) is 2.42. The summed E-state index contributed by atoms with van der Waals surface area (Å²) < 4.78 is 5.23. The van der Waals surface area contributed by atoms with Crippen LogP contribution in [0, 0.1) is 0 Å². The van der Waals surface area contributed by atoms with Crippen LogP contribution in [0.25, 0.3) is 0 Å². The maximum atomic E-state index is 12.8. The lowest BCUT2D eigenvalue weighted by molar-refractivity contribution is -0.142. The van der Waals surface area contributed by atoms with Crippen molar-refractivity contribution < 1.29 is 24.2 Å². The Hall–Kier alpha value is -3.36. The van der Waals surface area contributed by atoms with Crippen molar-refractivity contribution in [1.82, 2.24) is 20.6 Å². The van der Waals surface area contributed by atoms with Gasteiger partial charge in [0, 0.05) is 19.0 Å². The van der Waals surface area contributed by atoms with Crippen molar-refractivity contribution in [2.75, 3.05) is 0 Å². The summed E-state index contributed by atoms with van der Waals surface area (Å²) in [4.78, 5) is 43.3. The van der Waals surface area contributed by atoms with Gasteiger partial charge in [0.15, 0.2) is 0 Å². The van der Waals surface area contributed by atoms with E-state index in [1.165, 1.54) is 6.33 Å². The number of carboxylic acids is 1. The third kappa shape index (κ3) is 7.65. The number of ether oxygens (including phenoxy) is 1. The number of rotatable bonds is 8. The van der Waals surface area contributed by atoms with Gasteiger partial charge in [0.2, 0.25) is 5.91 Å². The number of hydrogen-bond acceptors (Lipinski definition) is 5. The summed E-state index contributed by atoms with van der Waals surface area (Å²) in [5.74, 6) is -1.82. The van der Waals surface area contributed by atoms with Crippen LogP contribution in [0.1, 0.15) is 32.0 Å². The first-order chi connectivity index (χ1) is 13.6. The molecule has 4 N–H and O–H groups in total. The minimum atomic E-state index is -1.20. The zero-order valence-electron chi connectivity index (χ0n) is 16.6. The Labute approximate surface area is 168 Å². The molecule has 0 aliphatic carbocycles. The van der Waals surface area contributed by atoms with E-state index in [1.807, 2.05) is 30.3 Å². The number of carbonyl (C=O) groups is 3. The molecular formula is C20H26N4O5. The quantitative estimate of drug-likeness (QED) is 0.531. The van der Waals surface area contributed by atoms with Crippen LogP contribution in [0.3, 0.4) is 0 Å². The monoisotopic (exact) mass is 402 g/mol. The summed E-state index contributed by atoms with van der Waals surface area (Å²) in [5, 5.41) is 14.5. The molecule has 1 aromatic carbocycles. The highest BCUT2D eigenvalue weighted by Crippen LogP contribution is 2.09. The minimum absolute atomic E-state index is 0.00900. The number of aromatic nitrogens is 2. The van der Waals surface area contributed by atoms with E-state index in [-0.39, 0.29) is 12.8 Å². The molecule has 0 fully saturated rings. The summed E-state index contributed by atoms with van der Waals surface area (Å²) in [6, 6.07) is 6.90. The van der Waals surface area contributed by atoms with E-state index < -0.39 is 35.7 Å². The molecule has 156 valence electrons. The van der Waals surface area contributed by atoms with Crippen LogP contribution in [0.15, 0.2) is 42.9 Å². The lowest BCUT2D eigenvalue weighted by Gasteiger charge is -2.24. The van der Waals surface area contributed by atoms with E-state index in [1.54, 1.807) is 27.0 Å². The molecule has 0 saturated heterocycles. The predicted molar refractivity (Wildman–Crippen MR) is 105 cm³/mol. The smallest absolute Gasteiger partial charge is 0.408 e. The van der Waals surface area contributed by atoms with E-state index in [0.29, 0.717) is 5.69 Å². The van der Waals surface area contributed by atoms with Crippen molar-refractivity contribution in [2.45, 2.75) is 51.3 Å². The molecule has 29 heavy (non-hydrogen) atoms. The normalized spacial score (nSPS) is 13.2. The van der Waals surface area contributed by atoms with Crippen LogP contribution in [0.4, 0.5) is 4.79 Å². The van der Waals surface area contributed by atoms with Gasteiger partial charge in [-0.25, -0.2) is 14.6 Å². The van der Waals surface area contributed by atoms with Crippen LogP contribution in [0.2, 0.25) is 0 Å². The lowest BCUT2D eigenvalue weighted by atomic mass is 10.0. The van der Waals surface area contributed by atoms with E-state index in [9.17, 15) is 19.5 Å². The maximum absolute atomic E-state index is 12.8. The van der Waals surface area contributed by atoms with Gasteiger partial charge in [0.1, 0.15) is 17.7 Å². The number of imidazole rings is 1. The van der Waals surface area contributed by atoms with E-state index in [0.717, 1.165) is 5.56 Å². The number of amides is 2. The molecule has 1 heterocycles. The Kier molecular flexibility index (Phi) is 7.35. The Morgan fingerprint density at radius 3 is 2.34 bits per heavy atom. The van der Waals surface area contributed by atoms with Gasteiger partial charge in [-0.2, -0.15) is 0 Å². The van der Waals surface area contributed by atoms with Crippen molar-refractivity contribution >= 4 is 18.0 Å². The number of carbonyl (C=O) groups excluding carboxylic acids is 2. The van der Waals surface area contributed by atoms with Gasteiger partial charge in [-0.15, -0.1) is 0 Å². The van der Waals surface area contributed by atoms with Gasteiger partial charge in [-0.3, -0.25) is 4.79 Å². The topological polar surface area (TPSA) is 133 Å². The number of H-pyrrole nitrogens is 1. The Balaban J connectivity index is 2.13. The molecule has 0 radical (unpaired) electrons. The Morgan fingerprint density at radius 2 is 1.79 bits per heavy atom. The largest absolute Gasteiger partial charge is 0.480 e. The molecule has 0 aliphatic rings. The van der Waals surface area contributed by atoms with Crippen molar-refractivity contribution in [3.05, 3.63) is 54.1 Å². The Morgan fingerprint density at radius 1 is 1.10 bits per heavy atom. The van der Waals surface area contributed by atoms with Crippen LogP contribution >= 0.6 is 0 Å². The first kappa shape index (κ1) is 21.9. The van der Waals surface area contributed by atoms with Gasteiger partial charge in [0.25, 0.3) is 0 Å². The van der Waals surface area contributed by atoms with Gasteiger partial charge < -0.3 is 25.5 Å². The number of benzene rings is 1. The fraction of sp³-hybridized carbons (Fsp3) is 0.400. The first-order valence-corrected chi connectivity index (χ1v) is 9.18. The number of aromatic amines is 1. The first-order valence-electron chi connectivity index (χ1n) is 9.18. The Bertz CT molecular complexity index is 815. The number of aliphatic carboxylic acids is 1. The maximum Gasteiger partial charge on any atom is 0.408 e. The molecule has 0 bridgehead atoms. The average Bonchev–Trinajstić information content (AvgIpc) is 3.13. The van der Waals surface area contributed by atoms with Crippen LogP contribution < -0.4 is 10.6 Å². The fourth-order valence-corrected chi connectivity index (χ4v) is 2.59. The molecule has 9 nitrogen and oxygen atoms in total. The number of carboxylic acid groups (broad SMARTS) is 1. The molecule has 2 aromatic rings. The van der Waals surface area contributed by atoms with Crippen LogP contribution in [-0.4, -0.2) is 50.7 Å². The molecular weight excluding hydrogens is 376 g/mol. The molecule has 2 atom stereocenters. The lowest BCUT2D eigenvalue weighted by Crippen LogP contribution is -2.53. The molecule has 0 aliphatic heterocycles. The molecule has 2 rings (SSSR count). The minimum Gasteiger partial charge on any atom is -0.480 e. The number of nitrogens with one attached hydrogen (secondary N) is 3. The second kappa shape index (κ2) is 9.72. The molecule has 0 unspecified atom stereocenters. The summed E-state index contributed by atoms with van der Waals surface area (Å²) in [5.41, 5.74) is 0.571. The standard InChI is InChI=1S/C20H26N4O5/c1-20(2,3)29-19(28)24-15(9-13-7-5-4-6-8-13)17(25)23-16(18(26)27)10-14-11-21-12-22-14/h4-8,11-12,15-16H,9-10H2,1-3H3,(H,21,22)(H,23,25)(H,24,28)(H,26,27)/t15-,16+/m1/s1. The molecule has 1 aromatic heterocycles. The zero-order chi connectivity index (χ0) is 21.4. The third-order valence-electron chi connectivity index (χ3n) is 3.87. The van der Waals surface area contributed by atoms with Crippen molar-refractivity contribution in [1.29, 1.82) is 0 Å². The van der Waals surface area contributed by atoms with E-state index >= 15 is 0 Å². The van der Waals surface area contributed by atoms with E-state index in [4.69, 9.17) is 4.74 Å². The fourth-order valence-electron chi connectivity index (χ4n) is 2.59. The van der Waals surface area contributed by atoms with Crippen LogP contribution in [-0.2, 0) is 27.2 Å². The molecule has 9 heteroatoms. The van der Waals surface area contributed by atoms with Crippen molar-refractivity contribution in [3.63, 3.8) is 0 Å². The van der Waals surface area contributed by atoms with Crippen LogP contribution in [0.5, 0.6) is 0 Å². The highest BCUT2D eigenvalue weighted by molar-refractivity contribution is 5.89. The number of nitrogens with zero attached hydrogens (tertiary/aromatic N) is 1. The second-order valence-electron chi connectivity index (χ2n) is 7.55. The molecule has 2 amide bonds. The SMILES string of the molecule is CC(C)(C)OC(=O)N[C@H](Cc1ccccc1)C(=O)N[C@@H](Cc1c[nH]cn1)C(=O)O. The zero-order valence-corrected chi connectivity index (χ0v) is 16.6. The third-order valence-corrected chi connectivity index (χ3v) is 3.87.